The number of hydrogen-bond acceptors (Lipinski definition) is 3. The van der Waals surface area contributed by atoms with Gasteiger partial charge in [0, 0.05) is 11.5 Å². The summed E-state index contributed by atoms with van der Waals surface area (Å²) in [6.45, 7) is -2.90. The maximum absolute atomic E-state index is 11.9. The van der Waals surface area contributed by atoms with Crippen molar-refractivity contribution in [3.8, 4) is 11.6 Å². The molecular formula is C10H7F2NO2. The summed E-state index contributed by atoms with van der Waals surface area (Å²) in [5, 5.41) is 9.91. The van der Waals surface area contributed by atoms with Crippen LogP contribution in [0.2, 0.25) is 0 Å². The van der Waals surface area contributed by atoms with Crippen LogP contribution in [0, 0.1) is 0 Å². The molecule has 0 aliphatic heterocycles. The number of aromatic hydroxyl groups is 1. The zero-order valence-electron chi connectivity index (χ0n) is 7.52. The molecule has 0 fully saturated rings. The Labute approximate surface area is 83.9 Å². The maximum Gasteiger partial charge on any atom is 0.388 e. The zero-order chi connectivity index (χ0) is 10.8. The fourth-order valence-electron chi connectivity index (χ4n) is 1.28. The normalized spacial score (nSPS) is 10.9. The third-order valence-electron chi connectivity index (χ3n) is 1.89. The fourth-order valence-corrected chi connectivity index (χ4v) is 1.28. The van der Waals surface area contributed by atoms with Crippen LogP contribution >= 0.6 is 0 Å². The minimum atomic E-state index is -2.90. The highest BCUT2D eigenvalue weighted by Crippen LogP contribution is 2.25. The maximum atomic E-state index is 11.9. The Morgan fingerprint density at radius 2 is 2.00 bits per heavy atom. The van der Waals surface area contributed by atoms with Gasteiger partial charge in [0.2, 0.25) is 5.88 Å². The third kappa shape index (κ3) is 1.96. The van der Waals surface area contributed by atoms with Crippen molar-refractivity contribution in [3.63, 3.8) is 0 Å². The van der Waals surface area contributed by atoms with Crippen LogP contribution in [0.25, 0.3) is 10.9 Å². The summed E-state index contributed by atoms with van der Waals surface area (Å²) >= 11 is 0. The number of hydrogen-bond donors (Lipinski definition) is 1. The molecule has 0 bridgehead atoms. The summed E-state index contributed by atoms with van der Waals surface area (Å²) in [5.41, 5.74) is 0.410. The molecule has 0 spiro atoms. The number of rotatable bonds is 2. The molecule has 0 atom stereocenters. The SMILES string of the molecule is Oc1cccc2nc(OC(F)F)ccc12. The Balaban J connectivity index is 2.48. The van der Waals surface area contributed by atoms with Gasteiger partial charge in [-0.3, -0.25) is 0 Å². The molecule has 2 aromatic rings. The average Bonchev–Trinajstić information content (AvgIpc) is 2.17. The molecule has 15 heavy (non-hydrogen) atoms. The Bertz CT molecular complexity index is 488. The van der Waals surface area contributed by atoms with Crippen LogP contribution in [-0.4, -0.2) is 16.7 Å². The van der Waals surface area contributed by atoms with Crippen LogP contribution in [-0.2, 0) is 0 Å². The van der Waals surface area contributed by atoms with Gasteiger partial charge < -0.3 is 9.84 Å². The van der Waals surface area contributed by atoms with E-state index in [-0.39, 0.29) is 11.6 Å². The number of nitrogens with zero attached hydrogens (tertiary/aromatic N) is 1. The summed E-state index contributed by atoms with van der Waals surface area (Å²) in [5.74, 6) is -0.105. The Morgan fingerprint density at radius 3 is 2.73 bits per heavy atom. The molecule has 0 aliphatic rings. The first-order chi connectivity index (χ1) is 7.16. The third-order valence-corrected chi connectivity index (χ3v) is 1.89. The summed E-state index contributed by atoms with van der Waals surface area (Å²) in [7, 11) is 0. The number of phenols is 1. The lowest BCUT2D eigenvalue weighted by molar-refractivity contribution is -0.0526. The molecule has 5 heteroatoms. The van der Waals surface area contributed by atoms with E-state index >= 15 is 0 Å². The molecule has 0 amide bonds. The van der Waals surface area contributed by atoms with Gasteiger partial charge in [0.05, 0.1) is 5.52 Å². The topological polar surface area (TPSA) is 42.4 Å². The van der Waals surface area contributed by atoms with E-state index in [2.05, 4.69) is 9.72 Å². The number of phenolic OH excluding ortho intramolecular Hbond substituents is 1. The molecule has 0 saturated carbocycles. The van der Waals surface area contributed by atoms with Crippen molar-refractivity contribution < 1.29 is 18.6 Å². The highest BCUT2D eigenvalue weighted by molar-refractivity contribution is 5.85. The van der Waals surface area contributed by atoms with Crippen molar-refractivity contribution in [1.29, 1.82) is 0 Å². The lowest BCUT2D eigenvalue weighted by atomic mass is 10.2. The van der Waals surface area contributed by atoms with Crippen molar-refractivity contribution in [3.05, 3.63) is 30.3 Å². The molecule has 1 aromatic heterocycles. The van der Waals surface area contributed by atoms with Crippen molar-refractivity contribution >= 4 is 10.9 Å². The van der Waals surface area contributed by atoms with Gasteiger partial charge in [0.25, 0.3) is 0 Å². The lowest BCUT2D eigenvalue weighted by Gasteiger charge is -2.04. The summed E-state index contributed by atoms with van der Waals surface area (Å²) in [4.78, 5) is 3.81. The van der Waals surface area contributed by atoms with Gasteiger partial charge >= 0.3 is 6.61 Å². The van der Waals surface area contributed by atoms with Gasteiger partial charge in [-0.05, 0) is 18.2 Å². The first kappa shape index (κ1) is 9.64. The number of fused-ring (bicyclic) bond motifs is 1. The number of alkyl halides is 2. The largest absolute Gasteiger partial charge is 0.507 e. The Morgan fingerprint density at radius 1 is 1.20 bits per heavy atom. The average molecular weight is 211 g/mol. The Hall–Kier alpha value is -1.91. The van der Waals surface area contributed by atoms with Gasteiger partial charge in [0.15, 0.2) is 0 Å². The van der Waals surface area contributed by atoms with E-state index in [4.69, 9.17) is 0 Å². The van der Waals surface area contributed by atoms with Crippen LogP contribution in [0.5, 0.6) is 11.6 Å². The number of benzene rings is 1. The summed E-state index contributed by atoms with van der Waals surface area (Å²) in [6.07, 6.45) is 0. The standard InChI is InChI=1S/C10H7F2NO2/c11-10(12)15-9-5-4-6-7(13-9)2-1-3-8(6)14/h1-5,10,14H. The second-order valence-corrected chi connectivity index (χ2v) is 2.87. The van der Waals surface area contributed by atoms with E-state index in [0.717, 1.165) is 0 Å². The molecule has 2 rings (SSSR count). The number of ether oxygens (including phenoxy) is 1. The predicted octanol–water partition coefficient (Wildman–Crippen LogP) is 2.54. The van der Waals surface area contributed by atoms with Crippen molar-refractivity contribution in [2.75, 3.05) is 0 Å². The molecule has 0 aliphatic carbocycles. The van der Waals surface area contributed by atoms with Gasteiger partial charge in [-0.1, -0.05) is 6.07 Å². The minimum absolute atomic E-state index is 0.0589. The van der Waals surface area contributed by atoms with Gasteiger partial charge in [-0.2, -0.15) is 8.78 Å². The van der Waals surface area contributed by atoms with Crippen LogP contribution < -0.4 is 4.74 Å². The quantitative estimate of drug-likeness (QED) is 0.829. The molecule has 0 saturated heterocycles. The first-order valence-corrected chi connectivity index (χ1v) is 4.20. The minimum Gasteiger partial charge on any atom is -0.507 e. The monoisotopic (exact) mass is 211 g/mol. The fraction of sp³-hybridized carbons (Fsp3) is 0.100. The lowest BCUT2D eigenvalue weighted by Crippen LogP contribution is -2.03. The zero-order valence-corrected chi connectivity index (χ0v) is 7.52. The van der Waals surface area contributed by atoms with Gasteiger partial charge in [-0.15, -0.1) is 0 Å². The van der Waals surface area contributed by atoms with Crippen molar-refractivity contribution in [2.45, 2.75) is 6.61 Å². The smallest absolute Gasteiger partial charge is 0.388 e. The summed E-state index contributed by atoms with van der Waals surface area (Å²) < 4.78 is 27.9. The number of pyridine rings is 1. The molecular weight excluding hydrogens is 204 g/mol. The molecule has 1 aromatic carbocycles. The van der Waals surface area contributed by atoms with E-state index in [9.17, 15) is 13.9 Å². The van der Waals surface area contributed by atoms with E-state index in [1.807, 2.05) is 0 Å². The second-order valence-electron chi connectivity index (χ2n) is 2.87. The molecule has 1 N–H and O–H groups in total. The number of aromatic nitrogens is 1. The van der Waals surface area contributed by atoms with Crippen LogP contribution in [0.4, 0.5) is 8.78 Å². The second kappa shape index (κ2) is 3.68. The van der Waals surface area contributed by atoms with Gasteiger partial charge in [0.1, 0.15) is 5.75 Å². The van der Waals surface area contributed by atoms with E-state index in [1.54, 1.807) is 12.1 Å². The highest BCUT2D eigenvalue weighted by atomic mass is 19.3. The van der Waals surface area contributed by atoms with Crippen molar-refractivity contribution in [1.82, 2.24) is 4.98 Å². The van der Waals surface area contributed by atoms with Crippen LogP contribution in [0.3, 0.4) is 0 Å². The molecule has 3 nitrogen and oxygen atoms in total. The summed E-state index contributed by atoms with van der Waals surface area (Å²) in [6, 6.07) is 7.45. The van der Waals surface area contributed by atoms with E-state index in [0.29, 0.717) is 10.9 Å². The molecule has 1 heterocycles. The van der Waals surface area contributed by atoms with Crippen LogP contribution in [0.15, 0.2) is 30.3 Å². The molecule has 0 unspecified atom stereocenters. The van der Waals surface area contributed by atoms with Crippen LogP contribution in [0.1, 0.15) is 0 Å². The van der Waals surface area contributed by atoms with E-state index in [1.165, 1.54) is 18.2 Å². The highest BCUT2D eigenvalue weighted by Gasteiger charge is 2.07. The van der Waals surface area contributed by atoms with Gasteiger partial charge in [-0.25, -0.2) is 4.98 Å². The molecule has 0 radical (unpaired) electrons. The number of halogens is 2. The predicted molar refractivity (Wildman–Crippen MR) is 50.0 cm³/mol. The first-order valence-electron chi connectivity index (χ1n) is 4.20. The molecule has 78 valence electrons. The Kier molecular flexibility index (Phi) is 2.37. The van der Waals surface area contributed by atoms with Crippen molar-refractivity contribution in [2.24, 2.45) is 0 Å². The van der Waals surface area contributed by atoms with E-state index < -0.39 is 6.61 Å².